The van der Waals surface area contributed by atoms with Gasteiger partial charge in [0.1, 0.15) is 0 Å². The van der Waals surface area contributed by atoms with Gasteiger partial charge < -0.3 is 11.1 Å². The minimum atomic E-state index is -0.106. The molecule has 0 aromatic heterocycles. The Bertz CT molecular complexity index is 436. The van der Waals surface area contributed by atoms with Crippen molar-refractivity contribution in [1.29, 1.82) is 0 Å². The molecule has 0 heterocycles. The molecule has 0 unspecified atom stereocenters. The molecule has 1 aromatic rings. The first-order valence-electron chi connectivity index (χ1n) is 7.26. The van der Waals surface area contributed by atoms with E-state index in [2.05, 4.69) is 18.3 Å². The predicted molar refractivity (Wildman–Crippen MR) is 77.4 cm³/mol. The third kappa shape index (κ3) is 3.16. The first kappa shape index (κ1) is 14.1. The van der Waals surface area contributed by atoms with E-state index in [-0.39, 0.29) is 11.3 Å². The molecule has 0 radical (unpaired) electrons. The van der Waals surface area contributed by atoms with Crippen LogP contribution in [0.25, 0.3) is 0 Å². The average molecular weight is 260 g/mol. The van der Waals surface area contributed by atoms with Gasteiger partial charge in [-0.3, -0.25) is 4.79 Å². The van der Waals surface area contributed by atoms with Gasteiger partial charge in [-0.15, -0.1) is 0 Å². The van der Waals surface area contributed by atoms with E-state index in [9.17, 15) is 4.79 Å². The van der Waals surface area contributed by atoms with Gasteiger partial charge in [-0.05, 0) is 30.4 Å². The van der Waals surface area contributed by atoms with Crippen LogP contribution in [0.15, 0.2) is 24.3 Å². The topological polar surface area (TPSA) is 55.1 Å². The number of nitrogens with two attached hydrogens (primary N) is 1. The van der Waals surface area contributed by atoms with Crippen LogP contribution in [-0.4, -0.2) is 5.91 Å². The Morgan fingerprint density at radius 1 is 1.32 bits per heavy atom. The number of carbonyl (C=O) groups excluding carboxylic acids is 1. The summed E-state index contributed by atoms with van der Waals surface area (Å²) in [5.41, 5.74) is 7.76. The second-order valence-corrected chi connectivity index (χ2v) is 5.55. The van der Waals surface area contributed by atoms with Crippen LogP contribution < -0.4 is 11.1 Å². The summed E-state index contributed by atoms with van der Waals surface area (Å²) >= 11 is 0. The summed E-state index contributed by atoms with van der Waals surface area (Å²) in [5, 5.41) is 3.10. The van der Waals surface area contributed by atoms with Crippen molar-refractivity contribution in [3.8, 4) is 0 Å². The maximum atomic E-state index is 12.4. The van der Waals surface area contributed by atoms with E-state index in [0.29, 0.717) is 13.1 Å². The molecule has 0 atom stereocenters. The summed E-state index contributed by atoms with van der Waals surface area (Å²) in [5.74, 6) is 0.227. The van der Waals surface area contributed by atoms with Gasteiger partial charge in [-0.2, -0.15) is 0 Å². The van der Waals surface area contributed by atoms with Gasteiger partial charge in [0.15, 0.2) is 0 Å². The molecule has 104 valence electrons. The summed E-state index contributed by atoms with van der Waals surface area (Å²) < 4.78 is 0. The van der Waals surface area contributed by atoms with Crippen LogP contribution in [0, 0.1) is 5.41 Å². The van der Waals surface area contributed by atoms with E-state index < -0.39 is 0 Å². The van der Waals surface area contributed by atoms with Gasteiger partial charge in [0.05, 0.1) is 0 Å². The first-order valence-corrected chi connectivity index (χ1v) is 7.26. The van der Waals surface area contributed by atoms with Crippen LogP contribution in [0.5, 0.6) is 0 Å². The maximum absolute atomic E-state index is 12.4. The molecular formula is C16H24N2O. The molecule has 1 aromatic carbocycles. The fraction of sp³-hybridized carbons (Fsp3) is 0.562. The van der Waals surface area contributed by atoms with Gasteiger partial charge >= 0.3 is 0 Å². The summed E-state index contributed by atoms with van der Waals surface area (Å²) in [6, 6.07) is 8.10. The van der Waals surface area contributed by atoms with Gasteiger partial charge in [0, 0.05) is 18.5 Å². The fourth-order valence-corrected chi connectivity index (χ4v) is 3.03. The summed E-state index contributed by atoms with van der Waals surface area (Å²) in [4.78, 5) is 12.4. The molecule has 1 aliphatic carbocycles. The molecule has 1 saturated carbocycles. The van der Waals surface area contributed by atoms with E-state index in [4.69, 9.17) is 5.73 Å². The summed E-state index contributed by atoms with van der Waals surface area (Å²) in [6.45, 7) is 3.27. The lowest BCUT2D eigenvalue weighted by atomic mass is 9.82. The monoisotopic (exact) mass is 260 g/mol. The van der Waals surface area contributed by atoms with E-state index >= 15 is 0 Å². The smallest absolute Gasteiger partial charge is 0.226 e. The van der Waals surface area contributed by atoms with Crippen molar-refractivity contribution in [1.82, 2.24) is 5.32 Å². The molecule has 2 rings (SSSR count). The average Bonchev–Trinajstić information content (AvgIpc) is 2.95. The number of carbonyl (C=O) groups is 1. The zero-order chi connectivity index (χ0) is 13.7. The maximum Gasteiger partial charge on any atom is 0.226 e. The predicted octanol–water partition coefficient (Wildman–Crippen LogP) is 2.73. The Labute approximate surface area is 115 Å². The zero-order valence-electron chi connectivity index (χ0n) is 11.7. The van der Waals surface area contributed by atoms with Gasteiger partial charge in [0.2, 0.25) is 5.91 Å². The van der Waals surface area contributed by atoms with E-state index in [1.165, 1.54) is 12.8 Å². The molecule has 1 aliphatic rings. The minimum Gasteiger partial charge on any atom is -0.352 e. The molecule has 19 heavy (non-hydrogen) atoms. The second-order valence-electron chi connectivity index (χ2n) is 5.55. The van der Waals surface area contributed by atoms with Crippen LogP contribution in [0.2, 0.25) is 0 Å². The molecule has 0 bridgehead atoms. The number of hydrogen-bond donors (Lipinski definition) is 2. The Kier molecular flexibility index (Phi) is 4.59. The van der Waals surface area contributed by atoms with E-state index in [1.807, 2.05) is 18.2 Å². The molecule has 3 heteroatoms. The highest BCUT2D eigenvalue weighted by Crippen LogP contribution is 2.41. The standard InChI is InChI=1S/C16H24N2O/c1-2-16(8-3-4-9-16)15(19)18-12-14-7-5-6-13(10-14)11-17/h5-7,10H,2-4,8-9,11-12,17H2,1H3,(H,18,19). The van der Waals surface area contributed by atoms with Crippen molar-refractivity contribution >= 4 is 5.91 Å². The lowest BCUT2D eigenvalue weighted by molar-refractivity contribution is -0.131. The Balaban J connectivity index is 1.96. The Morgan fingerprint density at radius 2 is 2.00 bits per heavy atom. The molecule has 3 nitrogen and oxygen atoms in total. The second kappa shape index (κ2) is 6.20. The Morgan fingerprint density at radius 3 is 2.63 bits per heavy atom. The lowest BCUT2D eigenvalue weighted by Gasteiger charge is -2.26. The number of amides is 1. The van der Waals surface area contributed by atoms with Crippen molar-refractivity contribution in [2.24, 2.45) is 11.1 Å². The third-order valence-corrected chi connectivity index (χ3v) is 4.40. The largest absolute Gasteiger partial charge is 0.352 e. The van der Waals surface area contributed by atoms with Crippen molar-refractivity contribution in [2.45, 2.75) is 52.1 Å². The fourth-order valence-electron chi connectivity index (χ4n) is 3.03. The summed E-state index contributed by atoms with van der Waals surface area (Å²) in [6.07, 6.45) is 5.39. The highest BCUT2D eigenvalue weighted by atomic mass is 16.2. The van der Waals surface area contributed by atoms with Crippen LogP contribution in [0.1, 0.15) is 50.2 Å². The van der Waals surface area contributed by atoms with Crippen LogP contribution in [-0.2, 0) is 17.9 Å². The van der Waals surface area contributed by atoms with Crippen molar-refractivity contribution < 1.29 is 4.79 Å². The molecular weight excluding hydrogens is 236 g/mol. The molecule has 3 N–H and O–H groups in total. The van der Waals surface area contributed by atoms with Crippen LogP contribution in [0.3, 0.4) is 0 Å². The number of rotatable bonds is 5. The molecule has 1 fully saturated rings. The normalized spacial score (nSPS) is 17.4. The Hall–Kier alpha value is -1.35. The van der Waals surface area contributed by atoms with Crippen LogP contribution in [0.4, 0.5) is 0 Å². The third-order valence-electron chi connectivity index (χ3n) is 4.40. The highest BCUT2D eigenvalue weighted by molar-refractivity contribution is 5.82. The molecule has 1 amide bonds. The van der Waals surface area contributed by atoms with Gasteiger partial charge in [0.25, 0.3) is 0 Å². The number of benzene rings is 1. The van der Waals surface area contributed by atoms with Crippen molar-refractivity contribution in [2.75, 3.05) is 0 Å². The molecule has 0 aliphatic heterocycles. The highest BCUT2D eigenvalue weighted by Gasteiger charge is 2.38. The van der Waals surface area contributed by atoms with Crippen LogP contribution >= 0.6 is 0 Å². The SMILES string of the molecule is CCC1(C(=O)NCc2cccc(CN)c2)CCCC1. The molecule has 0 saturated heterocycles. The number of nitrogens with one attached hydrogen (secondary N) is 1. The quantitative estimate of drug-likeness (QED) is 0.855. The van der Waals surface area contributed by atoms with Gasteiger partial charge in [-0.25, -0.2) is 0 Å². The van der Waals surface area contributed by atoms with Gasteiger partial charge in [-0.1, -0.05) is 44.0 Å². The zero-order valence-corrected chi connectivity index (χ0v) is 11.7. The lowest BCUT2D eigenvalue weighted by Crippen LogP contribution is -2.38. The number of hydrogen-bond acceptors (Lipinski definition) is 2. The van der Waals surface area contributed by atoms with E-state index in [1.54, 1.807) is 0 Å². The summed E-state index contributed by atoms with van der Waals surface area (Å²) in [7, 11) is 0. The minimum absolute atomic E-state index is 0.106. The van der Waals surface area contributed by atoms with Crippen molar-refractivity contribution in [3.63, 3.8) is 0 Å². The first-order chi connectivity index (χ1) is 9.20. The van der Waals surface area contributed by atoms with Crippen molar-refractivity contribution in [3.05, 3.63) is 35.4 Å². The van der Waals surface area contributed by atoms with E-state index in [0.717, 1.165) is 30.4 Å². The molecule has 0 spiro atoms.